The number of esters is 1. The molecular weight excluding hydrogens is 496 g/mol. The van der Waals surface area contributed by atoms with E-state index in [1.165, 1.54) is 0 Å². The number of hydrogen-bond acceptors (Lipinski definition) is 6. The molecule has 0 aromatic heterocycles. The van der Waals surface area contributed by atoms with Crippen LogP contribution in [0.15, 0.2) is 25.3 Å². The van der Waals surface area contributed by atoms with Crippen LogP contribution < -0.4 is 0 Å². The van der Waals surface area contributed by atoms with Gasteiger partial charge in [0.15, 0.2) is 0 Å². The van der Waals surface area contributed by atoms with Gasteiger partial charge < -0.3 is 24.4 Å². The maximum atomic E-state index is 14.6. The fourth-order valence-corrected chi connectivity index (χ4v) is 7.81. The number of carbonyl (C=O) groups is 3. The number of rotatable bonds is 13. The number of fused-ring (bicyclic) bond motifs is 1. The summed E-state index contributed by atoms with van der Waals surface area (Å²) in [6.45, 7) is 14.0. The van der Waals surface area contributed by atoms with Crippen LogP contribution in [0.25, 0.3) is 0 Å². The van der Waals surface area contributed by atoms with Crippen molar-refractivity contribution in [1.82, 2.24) is 9.80 Å². The molecule has 1 N–H and O–H groups in total. The normalized spacial score (nSPS) is 32.8. The largest absolute Gasteiger partial charge is 0.465 e. The van der Waals surface area contributed by atoms with Crippen molar-refractivity contribution in [1.29, 1.82) is 0 Å². The van der Waals surface area contributed by atoms with Gasteiger partial charge in [-0.15, -0.1) is 13.2 Å². The lowest BCUT2D eigenvalue weighted by Crippen LogP contribution is -2.60. The van der Waals surface area contributed by atoms with Gasteiger partial charge in [0, 0.05) is 12.6 Å². The fraction of sp³-hybridized carbons (Fsp3) is 0.774. The van der Waals surface area contributed by atoms with Gasteiger partial charge in [0.1, 0.15) is 17.6 Å². The SMILES string of the molecule is C=CCCCOC(=O)[C@@H]1[C@H]2C(=O)N([C@@H](CO)CC(C)C)C(C(=O)N(CC=C)C3CCCCC3)C23CC[C@@]1(C)O3. The molecule has 8 heteroatoms. The van der Waals surface area contributed by atoms with Gasteiger partial charge in [-0.05, 0) is 57.8 Å². The van der Waals surface area contributed by atoms with E-state index in [0.717, 1.165) is 38.5 Å². The second-order valence-corrected chi connectivity index (χ2v) is 12.6. The summed E-state index contributed by atoms with van der Waals surface area (Å²) in [5, 5.41) is 10.5. The van der Waals surface area contributed by atoms with Gasteiger partial charge in [-0.1, -0.05) is 45.3 Å². The molecule has 3 saturated heterocycles. The Morgan fingerprint density at radius 3 is 2.54 bits per heavy atom. The molecule has 3 aliphatic heterocycles. The third kappa shape index (κ3) is 5.31. The van der Waals surface area contributed by atoms with Crippen LogP contribution in [-0.4, -0.2) is 81.8 Å². The lowest BCUT2D eigenvalue weighted by molar-refractivity contribution is -0.162. The number of unbranched alkanes of at least 4 members (excludes halogenated alkanes) is 1. The monoisotopic (exact) mass is 544 g/mol. The van der Waals surface area contributed by atoms with Crippen LogP contribution in [0.4, 0.5) is 0 Å². The van der Waals surface area contributed by atoms with E-state index in [2.05, 4.69) is 13.2 Å². The van der Waals surface area contributed by atoms with E-state index < -0.39 is 41.1 Å². The molecule has 3 heterocycles. The molecule has 0 radical (unpaired) electrons. The molecule has 39 heavy (non-hydrogen) atoms. The molecule has 4 aliphatic rings. The molecule has 4 fully saturated rings. The summed E-state index contributed by atoms with van der Waals surface area (Å²) in [6.07, 6.45) is 11.7. The molecule has 8 nitrogen and oxygen atoms in total. The summed E-state index contributed by atoms with van der Waals surface area (Å²) in [7, 11) is 0. The van der Waals surface area contributed by atoms with E-state index in [1.807, 2.05) is 25.7 Å². The molecule has 0 aromatic carbocycles. The van der Waals surface area contributed by atoms with Crippen molar-refractivity contribution in [2.24, 2.45) is 17.8 Å². The van der Waals surface area contributed by atoms with E-state index in [4.69, 9.17) is 9.47 Å². The number of likely N-dealkylation sites (tertiary alicyclic amines) is 1. The summed E-state index contributed by atoms with van der Waals surface area (Å²) in [6, 6.07) is -1.36. The van der Waals surface area contributed by atoms with Crippen molar-refractivity contribution < 1.29 is 29.0 Å². The number of hydrogen-bond donors (Lipinski definition) is 1. The fourth-order valence-electron chi connectivity index (χ4n) is 7.81. The van der Waals surface area contributed by atoms with Gasteiger partial charge in [0.05, 0.1) is 30.8 Å². The van der Waals surface area contributed by atoms with E-state index >= 15 is 0 Å². The number of aliphatic hydroxyl groups excluding tert-OH is 1. The summed E-state index contributed by atoms with van der Waals surface area (Å²) in [5.74, 6) is -2.25. The maximum absolute atomic E-state index is 14.6. The summed E-state index contributed by atoms with van der Waals surface area (Å²) >= 11 is 0. The molecule has 218 valence electrons. The number of ether oxygens (including phenoxy) is 2. The van der Waals surface area contributed by atoms with Crippen LogP contribution in [0.2, 0.25) is 0 Å². The minimum absolute atomic E-state index is 0.0779. The second kappa shape index (κ2) is 12.1. The Labute approximate surface area is 233 Å². The standard InChI is InChI=1S/C31H48N2O6/c1-6-8-12-18-38-29(37)25-24-27(35)33(23(20-34)19-21(3)4)26(31(24)16-15-30(25,5)39-31)28(36)32(17-7-2)22-13-10-9-11-14-22/h6-7,21-26,34H,1-2,8-20H2,3-5H3/t23-,24+,25+,26?,30-,31?/m1/s1. The predicted molar refractivity (Wildman–Crippen MR) is 149 cm³/mol. The van der Waals surface area contributed by atoms with Crippen molar-refractivity contribution >= 4 is 17.8 Å². The highest BCUT2D eigenvalue weighted by atomic mass is 16.6. The maximum Gasteiger partial charge on any atom is 0.312 e. The molecule has 2 amide bonds. The van der Waals surface area contributed by atoms with Gasteiger partial charge in [0.25, 0.3) is 0 Å². The summed E-state index contributed by atoms with van der Waals surface area (Å²) < 4.78 is 12.4. The first-order valence-corrected chi connectivity index (χ1v) is 15.0. The highest BCUT2D eigenvalue weighted by Crippen LogP contribution is 2.64. The third-order valence-corrected chi connectivity index (χ3v) is 9.47. The van der Waals surface area contributed by atoms with Crippen LogP contribution in [-0.2, 0) is 23.9 Å². The molecule has 6 atom stereocenters. The third-order valence-electron chi connectivity index (χ3n) is 9.47. The number of amides is 2. The predicted octanol–water partition coefficient (Wildman–Crippen LogP) is 4.01. The Kier molecular flexibility index (Phi) is 9.26. The van der Waals surface area contributed by atoms with Crippen molar-refractivity contribution in [3.8, 4) is 0 Å². The summed E-state index contributed by atoms with van der Waals surface area (Å²) in [4.78, 5) is 46.0. The molecule has 0 aromatic rings. The smallest absolute Gasteiger partial charge is 0.312 e. The van der Waals surface area contributed by atoms with Crippen LogP contribution in [0.1, 0.15) is 85.0 Å². The second-order valence-electron chi connectivity index (χ2n) is 12.6. The topological polar surface area (TPSA) is 96.4 Å². The number of carbonyl (C=O) groups excluding carboxylic acids is 3. The van der Waals surface area contributed by atoms with Crippen molar-refractivity contribution in [3.63, 3.8) is 0 Å². The Bertz CT molecular complexity index is 945. The van der Waals surface area contributed by atoms with Crippen molar-refractivity contribution in [2.45, 2.75) is 114 Å². The number of nitrogens with zero attached hydrogens (tertiary/aromatic N) is 2. The lowest BCUT2D eigenvalue weighted by atomic mass is 9.66. The van der Waals surface area contributed by atoms with Crippen molar-refractivity contribution in [2.75, 3.05) is 19.8 Å². The first-order chi connectivity index (χ1) is 18.6. The van der Waals surface area contributed by atoms with Crippen molar-refractivity contribution in [3.05, 3.63) is 25.3 Å². The van der Waals surface area contributed by atoms with E-state index in [9.17, 15) is 19.5 Å². The molecular formula is C31H48N2O6. The Hall–Kier alpha value is -2.19. The van der Waals surface area contributed by atoms with Crippen LogP contribution in [0.5, 0.6) is 0 Å². The Morgan fingerprint density at radius 2 is 1.92 bits per heavy atom. The van der Waals surface area contributed by atoms with E-state index in [-0.39, 0.29) is 37.0 Å². The molecule has 1 spiro atoms. The minimum atomic E-state index is -1.12. The van der Waals surface area contributed by atoms with Gasteiger partial charge in [-0.25, -0.2) is 0 Å². The van der Waals surface area contributed by atoms with Gasteiger partial charge >= 0.3 is 5.97 Å². The molecule has 1 saturated carbocycles. The van der Waals surface area contributed by atoms with Crippen LogP contribution >= 0.6 is 0 Å². The van der Waals surface area contributed by atoms with E-state index in [1.54, 1.807) is 17.1 Å². The highest BCUT2D eigenvalue weighted by Gasteiger charge is 2.79. The first-order valence-electron chi connectivity index (χ1n) is 15.0. The van der Waals surface area contributed by atoms with E-state index in [0.29, 0.717) is 32.2 Å². The van der Waals surface area contributed by atoms with Crippen LogP contribution in [0, 0.1) is 17.8 Å². The molecule has 2 unspecified atom stereocenters. The average Bonchev–Trinajstić information content (AvgIpc) is 3.49. The Morgan fingerprint density at radius 1 is 1.21 bits per heavy atom. The van der Waals surface area contributed by atoms with Gasteiger partial charge in [0.2, 0.25) is 11.8 Å². The van der Waals surface area contributed by atoms with Gasteiger partial charge in [-0.2, -0.15) is 0 Å². The zero-order valence-electron chi connectivity index (χ0n) is 24.1. The lowest BCUT2D eigenvalue weighted by Gasteiger charge is -2.42. The summed E-state index contributed by atoms with van der Waals surface area (Å²) in [5.41, 5.74) is -1.99. The average molecular weight is 545 g/mol. The number of aliphatic hydroxyl groups is 1. The first kappa shape index (κ1) is 29.8. The molecule has 4 rings (SSSR count). The van der Waals surface area contributed by atoms with Crippen LogP contribution in [0.3, 0.4) is 0 Å². The van der Waals surface area contributed by atoms with Gasteiger partial charge in [-0.3, -0.25) is 14.4 Å². The zero-order valence-corrected chi connectivity index (χ0v) is 24.1. The molecule has 1 aliphatic carbocycles. The zero-order chi connectivity index (χ0) is 28.4. The quantitative estimate of drug-likeness (QED) is 0.214. The minimum Gasteiger partial charge on any atom is -0.465 e. The Balaban J connectivity index is 1.74. The highest BCUT2D eigenvalue weighted by molar-refractivity contribution is 5.98. The molecule has 2 bridgehead atoms. The number of allylic oxidation sites excluding steroid dienone is 1.